The van der Waals surface area contributed by atoms with Gasteiger partial charge in [0.15, 0.2) is 0 Å². The first-order valence-corrected chi connectivity index (χ1v) is 6.68. The van der Waals surface area contributed by atoms with E-state index >= 15 is 0 Å². The van der Waals surface area contributed by atoms with Crippen molar-refractivity contribution in [1.82, 2.24) is 10.3 Å². The second kappa shape index (κ2) is 4.98. The molecule has 4 heteroatoms. The van der Waals surface area contributed by atoms with Gasteiger partial charge in [-0.2, -0.15) is 11.8 Å². The molecule has 1 N–H and O–H groups in total. The smallest absolute Gasteiger partial charge is 0.0937 e. The predicted octanol–water partition coefficient (Wildman–Crippen LogP) is 1.78. The monoisotopic (exact) mass is 214 g/mol. The molecule has 13 heavy (non-hydrogen) atoms. The van der Waals surface area contributed by atoms with Gasteiger partial charge < -0.3 is 5.32 Å². The van der Waals surface area contributed by atoms with E-state index in [0.717, 1.165) is 19.0 Å². The maximum atomic E-state index is 4.25. The molecule has 1 aromatic heterocycles. The molecule has 0 radical (unpaired) electrons. The summed E-state index contributed by atoms with van der Waals surface area (Å²) in [6.45, 7) is 1.08. The number of thiazole rings is 1. The Hall–Kier alpha value is -0.0600. The van der Waals surface area contributed by atoms with Crippen molar-refractivity contribution in [3.05, 3.63) is 16.6 Å². The lowest BCUT2D eigenvalue weighted by atomic mass is 10.2. The van der Waals surface area contributed by atoms with E-state index in [-0.39, 0.29) is 0 Å². The Morgan fingerprint density at radius 2 is 2.62 bits per heavy atom. The van der Waals surface area contributed by atoms with Crippen molar-refractivity contribution < 1.29 is 0 Å². The molecule has 0 saturated carbocycles. The molecule has 1 saturated heterocycles. The minimum Gasteiger partial charge on any atom is -0.313 e. The van der Waals surface area contributed by atoms with E-state index in [0.29, 0.717) is 0 Å². The topological polar surface area (TPSA) is 24.9 Å². The van der Waals surface area contributed by atoms with Crippen molar-refractivity contribution in [3.63, 3.8) is 0 Å². The van der Waals surface area contributed by atoms with E-state index in [2.05, 4.69) is 22.1 Å². The Labute approximate surface area is 87.1 Å². The fraction of sp³-hybridized carbons (Fsp3) is 0.667. The Balaban J connectivity index is 1.63. The first-order valence-electron chi connectivity index (χ1n) is 4.64. The summed E-state index contributed by atoms with van der Waals surface area (Å²) < 4.78 is 0. The Morgan fingerprint density at radius 3 is 3.31 bits per heavy atom. The van der Waals surface area contributed by atoms with Crippen LogP contribution in [0.25, 0.3) is 0 Å². The normalized spacial score (nSPS) is 22.3. The van der Waals surface area contributed by atoms with Gasteiger partial charge in [-0.1, -0.05) is 0 Å². The molecule has 2 nitrogen and oxygen atoms in total. The molecule has 72 valence electrons. The standard InChI is InChI=1S/C9H14N2S2/c1(9-11-4-6-13-9)3-10-8-2-5-12-7-8/h4,6,8,10H,1-3,5,7H2. The highest BCUT2D eigenvalue weighted by Gasteiger charge is 2.13. The molecular formula is C9H14N2S2. The van der Waals surface area contributed by atoms with E-state index < -0.39 is 0 Å². The van der Waals surface area contributed by atoms with Gasteiger partial charge in [0.1, 0.15) is 0 Å². The Bertz CT molecular complexity index is 230. The van der Waals surface area contributed by atoms with Crippen LogP contribution in [0.4, 0.5) is 0 Å². The third-order valence-corrected chi connectivity index (χ3v) is 4.19. The van der Waals surface area contributed by atoms with Crippen molar-refractivity contribution in [2.24, 2.45) is 0 Å². The van der Waals surface area contributed by atoms with Crippen LogP contribution in [0.3, 0.4) is 0 Å². The fourth-order valence-electron chi connectivity index (χ4n) is 1.46. The zero-order valence-corrected chi connectivity index (χ0v) is 9.16. The SMILES string of the molecule is c1csc(CCNC2CCSC2)n1. The zero-order chi connectivity index (χ0) is 8.93. The molecule has 1 atom stereocenters. The quantitative estimate of drug-likeness (QED) is 0.827. The molecule has 1 aromatic rings. The third-order valence-electron chi connectivity index (χ3n) is 2.19. The third kappa shape index (κ3) is 2.97. The average molecular weight is 214 g/mol. The largest absolute Gasteiger partial charge is 0.313 e. The number of thioether (sulfide) groups is 1. The molecule has 0 aliphatic carbocycles. The van der Waals surface area contributed by atoms with E-state index in [1.807, 2.05) is 11.6 Å². The molecule has 2 heterocycles. The molecule has 1 unspecified atom stereocenters. The number of hydrogen-bond donors (Lipinski definition) is 1. The molecule has 1 aliphatic rings. The van der Waals surface area contributed by atoms with Crippen LogP contribution in [-0.4, -0.2) is 29.1 Å². The summed E-state index contributed by atoms with van der Waals surface area (Å²) in [4.78, 5) is 4.25. The molecule has 0 bridgehead atoms. The van der Waals surface area contributed by atoms with E-state index in [9.17, 15) is 0 Å². The summed E-state index contributed by atoms with van der Waals surface area (Å²) >= 11 is 3.80. The van der Waals surface area contributed by atoms with Crippen LogP contribution in [0.15, 0.2) is 11.6 Å². The zero-order valence-electron chi connectivity index (χ0n) is 7.53. The van der Waals surface area contributed by atoms with E-state index in [1.165, 1.54) is 22.9 Å². The molecule has 1 aliphatic heterocycles. The van der Waals surface area contributed by atoms with Crippen LogP contribution >= 0.6 is 23.1 Å². The fourth-order valence-corrected chi connectivity index (χ4v) is 3.26. The first kappa shape index (κ1) is 9.49. The van der Waals surface area contributed by atoms with Gasteiger partial charge in [0.2, 0.25) is 0 Å². The average Bonchev–Trinajstić information content (AvgIpc) is 2.75. The predicted molar refractivity (Wildman–Crippen MR) is 59.6 cm³/mol. The van der Waals surface area contributed by atoms with Crippen LogP contribution in [0, 0.1) is 0 Å². The van der Waals surface area contributed by atoms with Gasteiger partial charge in [-0.25, -0.2) is 4.98 Å². The summed E-state index contributed by atoms with van der Waals surface area (Å²) in [5, 5.41) is 6.86. The van der Waals surface area contributed by atoms with Crippen LogP contribution in [0.5, 0.6) is 0 Å². The van der Waals surface area contributed by atoms with Crippen LogP contribution in [-0.2, 0) is 6.42 Å². The minimum atomic E-state index is 0.755. The second-order valence-corrected chi connectivity index (χ2v) is 5.32. The van der Waals surface area contributed by atoms with E-state index in [1.54, 1.807) is 11.3 Å². The van der Waals surface area contributed by atoms with Crippen molar-refractivity contribution in [2.45, 2.75) is 18.9 Å². The summed E-state index contributed by atoms with van der Waals surface area (Å²) in [5.74, 6) is 2.62. The maximum absolute atomic E-state index is 4.25. The number of aromatic nitrogens is 1. The number of nitrogens with zero attached hydrogens (tertiary/aromatic N) is 1. The summed E-state index contributed by atoms with van der Waals surface area (Å²) in [7, 11) is 0. The first-order chi connectivity index (χ1) is 6.45. The highest BCUT2D eigenvalue weighted by molar-refractivity contribution is 7.99. The Kier molecular flexibility index (Phi) is 3.64. The second-order valence-electron chi connectivity index (χ2n) is 3.19. The van der Waals surface area contributed by atoms with Gasteiger partial charge in [0.25, 0.3) is 0 Å². The molecule has 2 rings (SSSR count). The van der Waals surface area contributed by atoms with Gasteiger partial charge in [-0.15, -0.1) is 11.3 Å². The summed E-state index contributed by atoms with van der Waals surface area (Å²) in [6, 6.07) is 0.755. The lowest BCUT2D eigenvalue weighted by Gasteiger charge is -2.09. The maximum Gasteiger partial charge on any atom is 0.0937 e. The highest BCUT2D eigenvalue weighted by Crippen LogP contribution is 2.16. The number of rotatable bonds is 4. The lowest BCUT2D eigenvalue weighted by Crippen LogP contribution is -2.30. The van der Waals surface area contributed by atoms with Crippen LogP contribution < -0.4 is 5.32 Å². The lowest BCUT2D eigenvalue weighted by molar-refractivity contribution is 0.560. The number of hydrogen-bond acceptors (Lipinski definition) is 4. The summed E-state index contributed by atoms with van der Waals surface area (Å²) in [6.07, 6.45) is 4.30. The van der Waals surface area contributed by atoms with Crippen molar-refractivity contribution in [1.29, 1.82) is 0 Å². The van der Waals surface area contributed by atoms with Crippen molar-refractivity contribution in [2.75, 3.05) is 18.1 Å². The van der Waals surface area contributed by atoms with Gasteiger partial charge in [0.05, 0.1) is 5.01 Å². The van der Waals surface area contributed by atoms with Crippen LogP contribution in [0.2, 0.25) is 0 Å². The van der Waals surface area contributed by atoms with Gasteiger partial charge in [-0.3, -0.25) is 0 Å². The van der Waals surface area contributed by atoms with Gasteiger partial charge in [-0.05, 0) is 12.2 Å². The van der Waals surface area contributed by atoms with Crippen molar-refractivity contribution >= 4 is 23.1 Å². The molecular weight excluding hydrogens is 200 g/mol. The molecule has 0 spiro atoms. The summed E-state index contributed by atoms with van der Waals surface area (Å²) in [5.41, 5.74) is 0. The van der Waals surface area contributed by atoms with Gasteiger partial charge in [0, 0.05) is 36.3 Å². The molecule has 0 aromatic carbocycles. The number of nitrogens with one attached hydrogen (secondary N) is 1. The van der Waals surface area contributed by atoms with Crippen LogP contribution in [0.1, 0.15) is 11.4 Å². The molecule has 1 fully saturated rings. The molecule has 0 amide bonds. The Morgan fingerprint density at radius 1 is 1.62 bits per heavy atom. The minimum absolute atomic E-state index is 0.755. The highest BCUT2D eigenvalue weighted by atomic mass is 32.2. The van der Waals surface area contributed by atoms with Gasteiger partial charge >= 0.3 is 0 Å². The van der Waals surface area contributed by atoms with E-state index in [4.69, 9.17) is 0 Å². The van der Waals surface area contributed by atoms with Crippen molar-refractivity contribution in [3.8, 4) is 0 Å².